The van der Waals surface area contributed by atoms with Gasteiger partial charge in [0.25, 0.3) is 10.0 Å². The molecule has 8 heteroatoms. The first kappa shape index (κ1) is 18.2. The number of hydrogen-bond donors (Lipinski definition) is 1. The highest BCUT2D eigenvalue weighted by atomic mass is 35.5. The predicted molar refractivity (Wildman–Crippen MR) is 98.9 cm³/mol. The van der Waals surface area contributed by atoms with E-state index in [-0.39, 0.29) is 27.9 Å². The van der Waals surface area contributed by atoms with Crippen LogP contribution in [0.3, 0.4) is 0 Å². The van der Waals surface area contributed by atoms with Gasteiger partial charge in [-0.15, -0.1) is 0 Å². The van der Waals surface area contributed by atoms with Gasteiger partial charge in [-0.3, -0.25) is 9.59 Å². The molecule has 0 aliphatic heterocycles. The first-order valence-corrected chi connectivity index (χ1v) is 9.50. The van der Waals surface area contributed by atoms with Gasteiger partial charge in [0, 0.05) is 17.9 Å². The lowest BCUT2D eigenvalue weighted by molar-refractivity contribution is -0.119. The Hall–Kier alpha value is -2.64. The van der Waals surface area contributed by atoms with Gasteiger partial charge in [0.1, 0.15) is 0 Å². The van der Waals surface area contributed by atoms with E-state index >= 15 is 0 Å². The Morgan fingerprint density at radius 2 is 1.88 bits per heavy atom. The smallest absolute Gasteiger partial charge is 0.268 e. The van der Waals surface area contributed by atoms with Crippen LogP contribution in [0.4, 0.5) is 0 Å². The van der Waals surface area contributed by atoms with Gasteiger partial charge in [-0.2, -0.15) is 0 Å². The van der Waals surface area contributed by atoms with E-state index in [4.69, 9.17) is 11.6 Å². The average molecular weight is 391 g/mol. The van der Waals surface area contributed by atoms with Crippen molar-refractivity contribution in [1.29, 1.82) is 0 Å². The van der Waals surface area contributed by atoms with E-state index in [1.165, 1.54) is 31.2 Å². The number of halogens is 1. The second-order valence-electron chi connectivity index (χ2n) is 5.68. The SMILES string of the molecule is CC(=O)NCc1cc2cc(Cl)c(C=O)cc2n1S(=O)(=O)c1ccccc1. The summed E-state index contributed by atoms with van der Waals surface area (Å²) < 4.78 is 27.5. The van der Waals surface area contributed by atoms with Crippen LogP contribution in [0.5, 0.6) is 0 Å². The number of nitrogens with one attached hydrogen (secondary N) is 1. The number of rotatable bonds is 5. The molecule has 0 aliphatic rings. The number of aromatic nitrogens is 1. The number of nitrogens with zero attached hydrogens (tertiary/aromatic N) is 1. The summed E-state index contributed by atoms with van der Waals surface area (Å²) in [6, 6.07) is 12.5. The zero-order valence-electron chi connectivity index (χ0n) is 13.8. The fourth-order valence-electron chi connectivity index (χ4n) is 2.69. The van der Waals surface area contributed by atoms with E-state index in [0.717, 1.165) is 3.97 Å². The minimum absolute atomic E-state index is 0.0180. The van der Waals surface area contributed by atoms with Crippen molar-refractivity contribution in [2.45, 2.75) is 18.4 Å². The number of fused-ring (bicyclic) bond motifs is 1. The second kappa shape index (κ2) is 6.93. The van der Waals surface area contributed by atoms with Crippen molar-refractivity contribution in [3.8, 4) is 0 Å². The molecule has 0 spiro atoms. The Bertz CT molecular complexity index is 1110. The van der Waals surface area contributed by atoms with Crippen molar-refractivity contribution < 1.29 is 18.0 Å². The maximum atomic E-state index is 13.2. The number of benzene rings is 2. The predicted octanol–water partition coefficient (Wildman–Crippen LogP) is 2.98. The normalized spacial score (nSPS) is 11.5. The van der Waals surface area contributed by atoms with Crippen molar-refractivity contribution >= 4 is 44.7 Å². The lowest BCUT2D eigenvalue weighted by atomic mass is 10.2. The highest BCUT2D eigenvalue weighted by Crippen LogP contribution is 2.29. The molecule has 3 aromatic rings. The zero-order chi connectivity index (χ0) is 18.9. The van der Waals surface area contributed by atoms with Crippen molar-refractivity contribution in [3.05, 3.63) is 64.8 Å². The quantitative estimate of drug-likeness (QED) is 0.678. The Kier molecular flexibility index (Phi) is 4.84. The lowest BCUT2D eigenvalue weighted by Gasteiger charge is -2.12. The van der Waals surface area contributed by atoms with E-state index in [2.05, 4.69) is 5.32 Å². The lowest BCUT2D eigenvalue weighted by Crippen LogP contribution is -2.23. The highest BCUT2D eigenvalue weighted by molar-refractivity contribution is 7.90. The molecule has 0 radical (unpaired) electrons. The number of carbonyl (C=O) groups excluding carboxylic acids is 2. The first-order chi connectivity index (χ1) is 12.3. The fraction of sp³-hybridized carbons (Fsp3) is 0.111. The van der Waals surface area contributed by atoms with Gasteiger partial charge in [0.2, 0.25) is 5.91 Å². The summed E-state index contributed by atoms with van der Waals surface area (Å²) in [5, 5.41) is 3.39. The van der Waals surface area contributed by atoms with Gasteiger partial charge in [-0.1, -0.05) is 29.8 Å². The van der Waals surface area contributed by atoms with Gasteiger partial charge in [-0.05, 0) is 30.3 Å². The second-order valence-corrected chi connectivity index (χ2v) is 7.87. The van der Waals surface area contributed by atoms with Crippen LogP contribution < -0.4 is 5.32 Å². The third-order valence-corrected chi connectivity index (χ3v) is 5.98. The Balaban J connectivity index is 2.31. The maximum absolute atomic E-state index is 13.2. The summed E-state index contributed by atoms with van der Waals surface area (Å²) in [5.41, 5.74) is 0.867. The molecule has 1 heterocycles. The molecule has 1 aromatic heterocycles. The summed E-state index contributed by atoms with van der Waals surface area (Å²) >= 11 is 6.06. The summed E-state index contributed by atoms with van der Waals surface area (Å²) in [6.07, 6.45) is 0.571. The van der Waals surface area contributed by atoms with E-state index < -0.39 is 10.0 Å². The molecule has 26 heavy (non-hydrogen) atoms. The van der Waals surface area contributed by atoms with E-state index in [0.29, 0.717) is 22.9 Å². The molecule has 3 rings (SSSR count). The largest absolute Gasteiger partial charge is 0.351 e. The first-order valence-electron chi connectivity index (χ1n) is 7.68. The molecule has 0 saturated heterocycles. The van der Waals surface area contributed by atoms with Crippen LogP contribution in [0.15, 0.2) is 53.4 Å². The van der Waals surface area contributed by atoms with Crippen LogP contribution in [0.1, 0.15) is 23.0 Å². The average Bonchev–Trinajstić information content (AvgIpc) is 2.97. The molecule has 0 saturated carbocycles. The molecular weight excluding hydrogens is 376 g/mol. The molecule has 2 aromatic carbocycles. The van der Waals surface area contributed by atoms with Gasteiger partial charge in [0.15, 0.2) is 6.29 Å². The third kappa shape index (κ3) is 3.23. The number of hydrogen-bond acceptors (Lipinski definition) is 4. The monoisotopic (exact) mass is 390 g/mol. The van der Waals surface area contributed by atoms with Crippen LogP contribution in [0.25, 0.3) is 10.9 Å². The molecule has 6 nitrogen and oxygen atoms in total. The van der Waals surface area contributed by atoms with Gasteiger partial charge >= 0.3 is 0 Å². The Morgan fingerprint density at radius 3 is 2.50 bits per heavy atom. The van der Waals surface area contributed by atoms with Crippen molar-refractivity contribution in [2.75, 3.05) is 0 Å². The molecule has 0 aliphatic carbocycles. The number of carbonyl (C=O) groups is 2. The van der Waals surface area contributed by atoms with Crippen LogP contribution >= 0.6 is 11.6 Å². The van der Waals surface area contributed by atoms with Crippen LogP contribution in [-0.4, -0.2) is 24.6 Å². The topological polar surface area (TPSA) is 85.2 Å². The molecule has 0 unspecified atom stereocenters. The Morgan fingerprint density at radius 1 is 1.19 bits per heavy atom. The highest BCUT2D eigenvalue weighted by Gasteiger charge is 2.23. The molecule has 0 bridgehead atoms. The van der Waals surface area contributed by atoms with E-state index in [9.17, 15) is 18.0 Å². The minimum Gasteiger partial charge on any atom is -0.351 e. The van der Waals surface area contributed by atoms with Crippen molar-refractivity contribution in [2.24, 2.45) is 0 Å². The van der Waals surface area contributed by atoms with Crippen LogP contribution in [-0.2, 0) is 21.4 Å². The molecule has 1 amide bonds. The van der Waals surface area contributed by atoms with Crippen LogP contribution in [0.2, 0.25) is 5.02 Å². The summed E-state index contributed by atoms with van der Waals surface area (Å²) in [5.74, 6) is -0.287. The summed E-state index contributed by atoms with van der Waals surface area (Å²) in [7, 11) is -3.93. The van der Waals surface area contributed by atoms with E-state index in [1.54, 1.807) is 24.3 Å². The molecule has 0 atom stereocenters. The zero-order valence-corrected chi connectivity index (χ0v) is 15.3. The van der Waals surface area contributed by atoms with Crippen LogP contribution in [0, 0.1) is 0 Å². The molecule has 0 fully saturated rings. The van der Waals surface area contributed by atoms with Gasteiger partial charge in [-0.25, -0.2) is 12.4 Å². The fourth-order valence-corrected chi connectivity index (χ4v) is 4.46. The Labute approximate surface area is 155 Å². The van der Waals surface area contributed by atoms with Crippen molar-refractivity contribution in [1.82, 2.24) is 9.29 Å². The molecule has 1 N–H and O–H groups in total. The number of amides is 1. The molecular formula is C18H15ClN2O4S. The standard InChI is InChI=1S/C18H15ClN2O4S/c1-12(23)20-10-15-7-13-8-17(19)14(11-22)9-18(13)21(15)26(24,25)16-5-3-2-4-6-16/h2-9,11H,10H2,1H3,(H,20,23). The van der Waals surface area contributed by atoms with Gasteiger partial charge in [0.05, 0.1) is 27.7 Å². The summed E-state index contributed by atoms with van der Waals surface area (Å²) in [6.45, 7) is 1.37. The van der Waals surface area contributed by atoms with Crippen molar-refractivity contribution in [3.63, 3.8) is 0 Å². The maximum Gasteiger partial charge on any atom is 0.268 e. The summed E-state index contributed by atoms with van der Waals surface area (Å²) in [4.78, 5) is 22.6. The number of aldehydes is 1. The van der Waals surface area contributed by atoms with Gasteiger partial charge < -0.3 is 5.32 Å². The third-order valence-electron chi connectivity index (χ3n) is 3.87. The van der Waals surface area contributed by atoms with E-state index in [1.807, 2.05) is 0 Å². The molecule has 134 valence electrons. The minimum atomic E-state index is -3.93.